The first-order valence-corrected chi connectivity index (χ1v) is 6.46. The topological polar surface area (TPSA) is 41.1 Å². The number of nitrogens with one attached hydrogen (secondary N) is 2. The molecule has 0 bridgehead atoms. The Morgan fingerprint density at radius 2 is 2.00 bits per heavy atom. The SMILES string of the molecule is CCC(C)(C)CNC(=O)c1ccc(NC)cc1C. The van der Waals surface area contributed by atoms with Crippen LogP contribution in [0.4, 0.5) is 5.69 Å². The molecule has 0 fully saturated rings. The van der Waals surface area contributed by atoms with Crippen molar-refractivity contribution < 1.29 is 4.79 Å². The molecule has 2 N–H and O–H groups in total. The van der Waals surface area contributed by atoms with E-state index >= 15 is 0 Å². The van der Waals surface area contributed by atoms with Gasteiger partial charge in [-0.05, 0) is 42.5 Å². The number of carbonyl (C=O) groups is 1. The molecule has 1 aromatic rings. The number of aryl methyl sites for hydroxylation is 1. The van der Waals surface area contributed by atoms with E-state index in [9.17, 15) is 4.79 Å². The molecule has 0 aliphatic heterocycles. The van der Waals surface area contributed by atoms with Crippen LogP contribution in [0.15, 0.2) is 18.2 Å². The summed E-state index contributed by atoms with van der Waals surface area (Å²) in [5, 5.41) is 6.08. The first-order chi connectivity index (χ1) is 8.39. The first kappa shape index (κ1) is 14.6. The third-order valence-corrected chi connectivity index (χ3v) is 3.44. The third-order valence-electron chi connectivity index (χ3n) is 3.44. The zero-order valence-electron chi connectivity index (χ0n) is 12.1. The Bertz CT molecular complexity index is 425. The molecule has 3 heteroatoms. The first-order valence-electron chi connectivity index (χ1n) is 6.46. The normalized spacial score (nSPS) is 11.2. The Kier molecular flexibility index (Phi) is 4.76. The molecule has 0 spiro atoms. The maximum Gasteiger partial charge on any atom is 0.251 e. The van der Waals surface area contributed by atoms with Crippen molar-refractivity contribution in [3.05, 3.63) is 29.3 Å². The van der Waals surface area contributed by atoms with Gasteiger partial charge in [0.2, 0.25) is 0 Å². The zero-order valence-corrected chi connectivity index (χ0v) is 12.1. The molecule has 0 saturated carbocycles. The minimum Gasteiger partial charge on any atom is -0.388 e. The highest BCUT2D eigenvalue weighted by Crippen LogP contribution is 2.19. The van der Waals surface area contributed by atoms with E-state index in [1.807, 2.05) is 32.2 Å². The molecule has 0 saturated heterocycles. The van der Waals surface area contributed by atoms with Gasteiger partial charge in [-0.25, -0.2) is 0 Å². The van der Waals surface area contributed by atoms with Gasteiger partial charge < -0.3 is 10.6 Å². The summed E-state index contributed by atoms with van der Waals surface area (Å²) in [6.07, 6.45) is 1.05. The second-order valence-electron chi connectivity index (χ2n) is 5.48. The van der Waals surface area contributed by atoms with Crippen LogP contribution in [0.3, 0.4) is 0 Å². The molecule has 1 amide bonds. The number of hydrogen-bond donors (Lipinski definition) is 2. The van der Waals surface area contributed by atoms with Crippen LogP contribution in [-0.2, 0) is 0 Å². The lowest BCUT2D eigenvalue weighted by atomic mass is 9.90. The number of carbonyl (C=O) groups excluding carboxylic acids is 1. The van der Waals surface area contributed by atoms with Crippen LogP contribution >= 0.6 is 0 Å². The molecule has 1 rings (SSSR count). The molecular weight excluding hydrogens is 224 g/mol. The predicted octanol–water partition coefficient (Wildman–Crippen LogP) is 3.20. The summed E-state index contributed by atoms with van der Waals surface area (Å²) in [6, 6.07) is 5.78. The molecule has 0 radical (unpaired) electrons. The van der Waals surface area contributed by atoms with Crippen LogP contribution in [0.25, 0.3) is 0 Å². The van der Waals surface area contributed by atoms with Crippen molar-refractivity contribution in [1.82, 2.24) is 5.32 Å². The van der Waals surface area contributed by atoms with Gasteiger partial charge in [-0.2, -0.15) is 0 Å². The van der Waals surface area contributed by atoms with Gasteiger partial charge in [-0.1, -0.05) is 20.8 Å². The van der Waals surface area contributed by atoms with Gasteiger partial charge in [0.1, 0.15) is 0 Å². The van der Waals surface area contributed by atoms with Crippen LogP contribution in [0.1, 0.15) is 43.1 Å². The molecule has 0 aliphatic rings. The average molecular weight is 248 g/mol. The van der Waals surface area contributed by atoms with Crippen LogP contribution in [0, 0.1) is 12.3 Å². The van der Waals surface area contributed by atoms with Gasteiger partial charge >= 0.3 is 0 Å². The molecule has 100 valence electrons. The zero-order chi connectivity index (χ0) is 13.8. The minimum atomic E-state index is 0.0108. The van der Waals surface area contributed by atoms with Crippen molar-refractivity contribution in [2.75, 3.05) is 18.9 Å². The number of benzene rings is 1. The number of anilines is 1. The lowest BCUT2D eigenvalue weighted by molar-refractivity contribution is 0.0935. The lowest BCUT2D eigenvalue weighted by Gasteiger charge is -2.23. The lowest BCUT2D eigenvalue weighted by Crippen LogP contribution is -2.33. The highest BCUT2D eigenvalue weighted by molar-refractivity contribution is 5.96. The van der Waals surface area contributed by atoms with Crippen molar-refractivity contribution in [1.29, 1.82) is 0 Å². The van der Waals surface area contributed by atoms with E-state index < -0.39 is 0 Å². The minimum absolute atomic E-state index is 0.0108. The van der Waals surface area contributed by atoms with E-state index in [1.165, 1.54) is 0 Å². The van der Waals surface area contributed by atoms with E-state index in [-0.39, 0.29) is 11.3 Å². The largest absolute Gasteiger partial charge is 0.388 e. The number of amides is 1. The molecule has 0 aromatic heterocycles. The summed E-state index contributed by atoms with van der Waals surface area (Å²) in [7, 11) is 1.87. The number of rotatable bonds is 5. The fraction of sp³-hybridized carbons (Fsp3) is 0.533. The monoisotopic (exact) mass is 248 g/mol. The fourth-order valence-electron chi connectivity index (χ4n) is 1.61. The summed E-state index contributed by atoms with van der Waals surface area (Å²) in [4.78, 5) is 12.1. The molecule has 0 heterocycles. The Morgan fingerprint density at radius 3 is 2.50 bits per heavy atom. The molecule has 0 unspecified atom stereocenters. The molecule has 1 aromatic carbocycles. The van der Waals surface area contributed by atoms with E-state index in [0.717, 1.165) is 23.2 Å². The Hall–Kier alpha value is -1.51. The molecule has 18 heavy (non-hydrogen) atoms. The van der Waals surface area contributed by atoms with Crippen LogP contribution in [-0.4, -0.2) is 19.5 Å². The summed E-state index contributed by atoms with van der Waals surface area (Å²) < 4.78 is 0. The molecular formula is C15H24N2O. The van der Waals surface area contributed by atoms with Gasteiger partial charge in [0.05, 0.1) is 0 Å². The smallest absolute Gasteiger partial charge is 0.251 e. The predicted molar refractivity (Wildman–Crippen MR) is 77.1 cm³/mol. The second-order valence-corrected chi connectivity index (χ2v) is 5.48. The van der Waals surface area contributed by atoms with Gasteiger partial charge in [-0.15, -0.1) is 0 Å². The summed E-state index contributed by atoms with van der Waals surface area (Å²) in [5.74, 6) is 0.0108. The summed E-state index contributed by atoms with van der Waals surface area (Å²) >= 11 is 0. The molecule has 3 nitrogen and oxygen atoms in total. The quantitative estimate of drug-likeness (QED) is 0.840. The molecule has 0 aliphatic carbocycles. The van der Waals surface area contributed by atoms with Gasteiger partial charge in [-0.3, -0.25) is 4.79 Å². The van der Waals surface area contributed by atoms with E-state index in [0.29, 0.717) is 6.54 Å². The maximum absolute atomic E-state index is 12.1. The van der Waals surface area contributed by atoms with Crippen molar-refractivity contribution in [3.8, 4) is 0 Å². The molecule has 0 atom stereocenters. The van der Waals surface area contributed by atoms with Crippen molar-refractivity contribution in [2.45, 2.75) is 34.1 Å². The number of hydrogen-bond acceptors (Lipinski definition) is 2. The Morgan fingerprint density at radius 1 is 1.33 bits per heavy atom. The van der Waals surface area contributed by atoms with Crippen LogP contribution < -0.4 is 10.6 Å². The fourth-order valence-corrected chi connectivity index (χ4v) is 1.61. The second kappa shape index (κ2) is 5.89. The van der Waals surface area contributed by atoms with Crippen LogP contribution in [0.5, 0.6) is 0 Å². The van der Waals surface area contributed by atoms with Crippen molar-refractivity contribution in [2.24, 2.45) is 5.41 Å². The maximum atomic E-state index is 12.1. The van der Waals surface area contributed by atoms with Gasteiger partial charge in [0.15, 0.2) is 0 Å². The standard InChI is InChI=1S/C15H24N2O/c1-6-15(3,4)10-17-14(18)13-8-7-12(16-5)9-11(13)2/h7-9,16H,6,10H2,1-5H3,(H,17,18). The van der Waals surface area contributed by atoms with Crippen molar-refractivity contribution in [3.63, 3.8) is 0 Å². The van der Waals surface area contributed by atoms with Gasteiger partial charge in [0.25, 0.3) is 5.91 Å². The summed E-state index contributed by atoms with van der Waals surface area (Å²) in [6.45, 7) is 9.11. The third kappa shape index (κ3) is 3.76. The highest BCUT2D eigenvalue weighted by Gasteiger charge is 2.17. The van der Waals surface area contributed by atoms with E-state index in [1.54, 1.807) is 0 Å². The average Bonchev–Trinajstić information content (AvgIpc) is 2.36. The summed E-state index contributed by atoms with van der Waals surface area (Å²) in [5.41, 5.74) is 2.92. The van der Waals surface area contributed by atoms with E-state index in [2.05, 4.69) is 31.4 Å². The van der Waals surface area contributed by atoms with Gasteiger partial charge in [0, 0.05) is 24.8 Å². The highest BCUT2D eigenvalue weighted by atomic mass is 16.1. The van der Waals surface area contributed by atoms with Crippen molar-refractivity contribution >= 4 is 11.6 Å². The van der Waals surface area contributed by atoms with Crippen LogP contribution in [0.2, 0.25) is 0 Å². The van der Waals surface area contributed by atoms with E-state index in [4.69, 9.17) is 0 Å². The Labute approximate surface area is 110 Å². The Balaban J connectivity index is 2.73.